The number of benzene rings is 1. The Hall–Kier alpha value is -3.66. The Balaban J connectivity index is 1.71. The fourth-order valence-corrected chi connectivity index (χ4v) is 4.12. The van der Waals surface area contributed by atoms with Gasteiger partial charge in [0.1, 0.15) is 28.3 Å². The monoisotopic (exact) mass is 498 g/mol. The van der Waals surface area contributed by atoms with E-state index in [1.54, 1.807) is 64.3 Å². The molecule has 0 atom stereocenters. The summed E-state index contributed by atoms with van der Waals surface area (Å²) in [7, 11) is 3.07. The summed E-state index contributed by atoms with van der Waals surface area (Å²) in [5.74, 6) is 0.390. The van der Waals surface area contributed by atoms with Crippen LogP contribution in [0.15, 0.2) is 42.6 Å². The lowest BCUT2D eigenvalue weighted by Gasteiger charge is -2.37. The third kappa shape index (κ3) is 5.13. The molecule has 0 saturated carbocycles. The third-order valence-corrected chi connectivity index (χ3v) is 6.05. The van der Waals surface area contributed by atoms with Crippen molar-refractivity contribution in [2.24, 2.45) is 0 Å². The van der Waals surface area contributed by atoms with Crippen molar-refractivity contribution >= 4 is 6.09 Å². The van der Waals surface area contributed by atoms with Gasteiger partial charge in [0.05, 0.1) is 19.9 Å². The van der Waals surface area contributed by atoms with Gasteiger partial charge in [-0.2, -0.15) is 5.10 Å². The zero-order valence-electron chi connectivity index (χ0n) is 21.1. The molecule has 0 spiro atoms. The number of aromatic nitrogens is 3. The molecule has 9 nitrogen and oxygen atoms in total. The normalized spacial score (nSPS) is 15.5. The molecule has 10 heteroatoms. The molecule has 1 fully saturated rings. The molecule has 1 aromatic carbocycles. The molecular weight excluding hydrogens is 467 g/mol. The highest BCUT2D eigenvalue weighted by atomic mass is 19.1. The van der Waals surface area contributed by atoms with Crippen LogP contribution < -0.4 is 9.47 Å². The lowest BCUT2D eigenvalue weighted by molar-refractivity contribution is -0.0401. The number of piperidine rings is 1. The van der Waals surface area contributed by atoms with E-state index in [4.69, 9.17) is 14.2 Å². The van der Waals surface area contributed by atoms with E-state index in [1.165, 1.54) is 22.9 Å². The van der Waals surface area contributed by atoms with Crippen LogP contribution in [0.4, 0.5) is 9.18 Å². The number of rotatable bonds is 5. The van der Waals surface area contributed by atoms with Crippen molar-refractivity contribution < 1.29 is 28.5 Å². The van der Waals surface area contributed by atoms with Gasteiger partial charge in [-0.25, -0.2) is 18.9 Å². The summed E-state index contributed by atoms with van der Waals surface area (Å²) >= 11 is 0. The smallest absolute Gasteiger partial charge is 0.410 e. The minimum absolute atomic E-state index is 0.0759. The summed E-state index contributed by atoms with van der Waals surface area (Å²) in [5.41, 5.74) is -1.05. The number of aliphatic hydroxyl groups is 1. The first-order chi connectivity index (χ1) is 17.0. The predicted octanol–water partition coefficient (Wildman–Crippen LogP) is 4.31. The Morgan fingerprint density at radius 2 is 1.72 bits per heavy atom. The number of hydrogen-bond acceptors (Lipinski definition) is 7. The van der Waals surface area contributed by atoms with Crippen LogP contribution in [0.2, 0.25) is 0 Å². The SMILES string of the molecule is COc1ccc(-n2nc(C3(O)CCN(C(=O)OC(C)(C)C)CC3)c(F)c2-c2ccc(OC)nc2)cc1. The summed E-state index contributed by atoms with van der Waals surface area (Å²) in [6, 6.07) is 10.3. The second-order valence-electron chi connectivity index (χ2n) is 9.71. The molecule has 1 N–H and O–H groups in total. The summed E-state index contributed by atoms with van der Waals surface area (Å²) in [5, 5.41) is 16.0. The van der Waals surface area contributed by atoms with E-state index in [1.807, 2.05) is 0 Å². The Kier molecular flexibility index (Phi) is 6.90. The lowest BCUT2D eigenvalue weighted by Crippen LogP contribution is -2.47. The molecule has 36 heavy (non-hydrogen) atoms. The Morgan fingerprint density at radius 3 is 2.25 bits per heavy atom. The van der Waals surface area contributed by atoms with Gasteiger partial charge < -0.3 is 24.2 Å². The minimum Gasteiger partial charge on any atom is -0.497 e. The van der Waals surface area contributed by atoms with Gasteiger partial charge in [0.15, 0.2) is 5.82 Å². The number of methoxy groups -OCH3 is 2. The zero-order valence-corrected chi connectivity index (χ0v) is 21.1. The molecule has 1 aliphatic heterocycles. The van der Waals surface area contributed by atoms with Crippen molar-refractivity contribution in [2.75, 3.05) is 27.3 Å². The fraction of sp³-hybridized carbons (Fsp3) is 0.423. The van der Waals surface area contributed by atoms with E-state index in [0.717, 1.165) is 0 Å². The van der Waals surface area contributed by atoms with Crippen molar-refractivity contribution in [3.63, 3.8) is 0 Å². The van der Waals surface area contributed by atoms with Crippen molar-refractivity contribution in [3.05, 3.63) is 54.1 Å². The molecule has 3 heterocycles. The second-order valence-corrected chi connectivity index (χ2v) is 9.71. The number of hydrogen-bond donors (Lipinski definition) is 1. The first-order valence-corrected chi connectivity index (χ1v) is 11.7. The maximum absolute atomic E-state index is 16.1. The molecule has 192 valence electrons. The minimum atomic E-state index is -1.56. The van der Waals surface area contributed by atoms with Crippen molar-refractivity contribution in [2.45, 2.75) is 44.8 Å². The maximum atomic E-state index is 16.1. The van der Waals surface area contributed by atoms with Crippen molar-refractivity contribution in [3.8, 4) is 28.6 Å². The number of carbonyl (C=O) groups is 1. The van der Waals surface area contributed by atoms with Crippen LogP contribution in [-0.4, -0.2) is 63.8 Å². The van der Waals surface area contributed by atoms with Crippen LogP contribution in [0.5, 0.6) is 11.6 Å². The highest BCUT2D eigenvalue weighted by Gasteiger charge is 2.42. The van der Waals surface area contributed by atoms with Gasteiger partial charge in [0.25, 0.3) is 0 Å². The van der Waals surface area contributed by atoms with E-state index >= 15 is 4.39 Å². The Labute approximate surface area is 209 Å². The van der Waals surface area contributed by atoms with Gasteiger partial charge in [-0.05, 0) is 63.9 Å². The molecule has 2 aromatic heterocycles. The van der Waals surface area contributed by atoms with Crippen LogP contribution >= 0.6 is 0 Å². The molecule has 1 aliphatic rings. The van der Waals surface area contributed by atoms with Gasteiger partial charge in [-0.1, -0.05) is 0 Å². The van der Waals surface area contributed by atoms with E-state index in [9.17, 15) is 9.90 Å². The van der Waals surface area contributed by atoms with Gasteiger partial charge >= 0.3 is 6.09 Å². The molecule has 0 aliphatic carbocycles. The molecule has 0 radical (unpaired) electrons. The lowest BCUT2D eigenvalue weighted by atomic mass is 9.87. The molecule has 3 aromatic rings. The van der Waals surface area contributed by atoms with Crippen LogP contribution in [0.1, 0.15) is 39.3 Å². The van der Waals surface area contributed by atoms with Gasteiger partial charge in [0.2, 0.25) is 5.88 Å². The average Bonchev–Trinajstić information content (AvgIpc) is 3.21. The number of pyridine rings is 1. The number of amides is 1. The number of halogens is 1. The van der Waals surface area contributed by atoms with Gasteiger partial charge in [-0.3, -0.25) is 0 Å². The van der Waals surface area contributed by atoms with Crippen molar-refractivity contribution in [1.29, 1.82) is 0 Å². The quantitative estimate of drug-likeness (QED) is 0.560. The summed E-state index contributed by atoms with van der Waals surface area (Å²) < 4.78 is 33.3. The van der Waals surface area contributed by atoms with Gasteiger partial charge in [-0.15, -0.1) is 0 Å². The summed E-state index contributed by atoms with van der Waals surface area (Å²) in [6.07, 6.45) is 1.27. The first kappa shape index (κ1) is 25.4. The van der Waals surface area contributed by atoms with E-state index in [0.29, 0.717) is 22.9 Å². The Bertz CT molecular complexity index is 1210. The number of carbonyl (C=O) groups excluding carboxylic acids is 1. The maximum Gasteiger partial charge on any atom is 0.410 e. The fourth-order valence-electron chi connectivity index (χ4n) is 4.12. The van der Waals surface area contributed by atoms with Crippen LogP contribution in [0, 0.1) is 5.82 Å². The van der Waals surface area contributed by atoms with Crippen molar-refractivity contribution in [1.82, 2.24) is 19.7 Å². The largest absolute Gasteiger partial charge is 0.497 e. The topological polar surface area (TPSA) is 98.9 Å². The number of nitrogens with zero attached hydrogens (tertiary/aromatic N) is 4. The van der Waals surface area contributed by atoms with E-state index in [2.05, 4.69) is 10.1 Å². The molecule has 0 bridgehead atoms. The summed E-state index contributed by atoms with van der Waals surface area (Å²) in [6.45, 7) is 5.80. The number of likely N-dealkylation sites (tertiary alicyclic amines) is 1. The zero-order chi connectivity index (χ0) is 26.1. The standard InChI is InChI=1S/C26H31FN4O5/c1-25(2,3)36-24(32)30-14-12-26(33,13-15-30)23-21(27)22(17-6-11-20(35-5)28-16-17)31(29-23)18-7-9-19(34-4)10-8-18/h6-11,16,33H,12-15H2,1-5H3. The molecule has 1 saturated heterocycles. The van der Waals surface area contributed by atoms with E-state index in [-0.39, 0.29) is 37.3 Å². The number of ether oxygens (including phenoxy) is 3. The second kappa shape index (κ2) is 9.77. The van der Waals surface area contributed by atoms with Crippen LogP contribution in [0.3, 0.4) is 0 Å². The summed E-state index contributed by atoms with van der Waals surface area (Å²) in [4.78, 5) is 18.2. The highest BCUT2D eigenvalue weighted by Crippen LogP contribution is 2.38. The predicted molar refractivity (Wildman–Crippen MR) is 131 cm³/mol. The highest BCUT2D eigenvalue weighted by molar-refractivity contribution is 5.68. The average molecular weight is 499 g/mol. The Morgan fingerprint density at radius 1 is 1.06 bits per heavy atom. The van der Waals surface area contributed by atoms with Gasteiger partial charge in [0, 0.05) is 30.9 Å². The molecule has 4 rings (SSSR count). The molecule has 1 amide bonds. The van der Waals surface area contributed by atoms with Crippen LogP contribution in [-0.2, 0) is 10.3 Å². The van der Waals surface area contributed by atoms with Crippen LogP contribution in [0.25, 0.3) is 16.9 Å². The molecule has 0 unspecified atom stereocenters. The third-order valence-electron chi connectivity index (χ3n) is 6.05. The molecular formula is C26H31FN4O5. The van der Waals surface area contributed by atoms with E-state index < -0.39 is 23.1 Å². The first-order valence-electron chi connectivity index (χ1n) is 11.7.